The van der Waals surface area contributed by atoms with E-state index in [2.05, 4.69) is 5.32 Å². The molecule has 5 rings (SSSR count). The van der Waals surface area contributed by atoms with Crippen molar-refractivity contribution in [1.82, 2.24) is 9.99 Å². The summed E-state index contributed by atoms with van der Waals surface area (Å²) in [4.78, 5) is 26.0. The highest BCUT2D eigenvalue weighted by molar-refractivity contribution is 5.97. The number of ether oxygens (including phenoxy) is 2. The number of anilines is 1. The van der Waals surface area contributed by atoms with E-state index in [1.165, 1.54) is 6.20 Å². The summed E-state index contributed by atoms with van der Waals surface area (Å²) >= 11 is 0. The van der Waals surface area contributed by atoms with Crippen LogP contribution in [0.15, 0.2) is 17.1 Å². The number of carbonyl (C=O) groups is 1. The number of fused-ring (bicyclic) bond motifs is 1. The maximum Gasteiger partial charge on any atom is 0.341 e. The lowest BCUT2D eigenvalue weighted by atomic mass is 10.1. The summed E-state index contributed by atoms with van der Waals surface area (Å²) in [7, 11) is 1.70. The molecule has 2 fully saturated rings. The first kappa shape index (κ1) is 17.3. The summed E-state index contributed by atoms with van der Waals surface area (Å²) in [6, 6.07) is 1.21. The number of hydrogen-bond donors (Lipinski definition) is 2. The molecule has 2 aromatic rings. The first-order valence-corrected chi connectivity index (χ1v) is 9.05. The van der Waals surface area contributed by atoms with Gasteiger partial charge in [-0.2, -0.15) is 0 Å². The zero-order valence-electron chi connectivity index (χ0n) is 15.1. The van der Waals surface area contributed by atoms with Crippen molar-refractivity contribution in [2.45, 2.75) is 12.1 Å². The molecule has 0 spiro atoms. The molecule has 3 aliphatic rings. The van der Waals surface area contributed by atoms with Crippen molar-refractivity contribution in [2.24, 2.45) is 0 Å². The van der Waals surface area contributed by atoms with E-state index >= 15 is 4.39 Å². The fraction of sp³-hybridized carbons (Fsp3) is 0.444. The van der Waals surface area contributed by atoms with Gasteiger partial charge in [0.25, 0.3) is 0 Å². The van der Waals surface area contributed by atoms with Crippen molar-refractivity contribution in [2.75, 3.05) is 49.9 Å². The number of nitrogens with one attached hydrogen (secondary N) is 1. The van der Waals surface area contributed by atoms with Gasteiger partial charge in [0.05, 0.1) is 24.1 Å². The number of aromatic carboxylic acids is 1. The van der Waals surface area contributed by atoms with Gasteiger partial charge in [0, 0.05) is 32.9 Å². The summed E-state index contributed by atoms with van der Waals surface area (Å²) in [5.41, 5.74) is -0.505. The minimum atomic E-state index is -1.35. The number of rotatable bonds is 2. The van der Waals surface area contributed by atoms with Gasteiger partial charge in [-0.3, -0.25) is 14.5 Å². The molecule has 9 nitrogen and oxygen atoms in total. The Balaban J connectivity index is 1.73. The quantitative estimate of drug-likeness (QED) is 0.736. The number of carboxylic acids is 1. The topological polar surface area (TPSA) is 96.3 Å². The van der Waals surface area contributed by atoms with E-state index in [4.69, 9.17) is 9.47 Å². The average molecular weight is 390 g/mol. The van der Waals surface area contributed by atoms with Gasteiger partial charge in [0.2, 0.25) is 5.43 Å². The highest BCUT2D eigenvalue weighted by Crippen LogP contribution is 2.41. The molecule has 0 saturated carbocycles. The molecule has 3 aliphatic heterocycles. The molecule has 0 radical (unpaired) electrons. The van der Waals surface area contributed by atoms with Crippen molar-refractivity contribution >= 4 is 22.6 Å². The van der Waals surface area contributed by atoms with Gasteiger partial charge < -0.3 is 24.8 Å². The highest BCUT2D eigenvalue weighted by Gasteiger charge is 2.39. The molecule has 4 heterocycles. The number of morpholine rings is 1. The predicted octanol–water partition coefficient (Wildman–Crippen LogP) is -0.0665. The summed E-state index contributed by atoms with van der Waals surface area (Å²) in [5.74, 6) is -1.72. The third-order valence-corrected chi connectivity index (χ3v) is 5.57. The largest absolute Gasteiger partial charge is 0.477 e. The predicted molar refractivity (Wildman–Crippen MR) is 98.5 cm³/mol. The number of nitrogens with zero attached hydrogens (tertiary/aromatic N) is 3. The van der Waals surface area contributed by atoms with Crippen LogP contribution in [0.2, 0.25) is 0 Å². The Labute approximate surface area is 158 Å². The van der Waals surface area contributed by atoms with Crippen LogP contribution < -0.4 is 25.4 Å². The Morgan fingerprint density at radius 2 is 2.21 bits per heavy atom. The Kier molecular flexibility index (Phi) is 3.75. The normalized spacial score (nSPS) is 23.6. The van der Waals surface area contributed by atoms with Crippen molar-refractivity contribution in [3.63, 3.8) is 0 Å². The lowest BCUT2D eigenvalue weighted by Gasteiger charge is -2.33. The molecule has 28 heavy (non-hydrogen) atoms. The SMILES string of the molecule is CN1COc2c(N3CC4NCCOC4C3)c(F)cc3c(=O)c(C(=O)O)cn1c23. The van der Waals surface area contributed by atoms with Gasteiger partial charge >= 0.3 is 5.97 Å². The van der Waals surface area contributed by atoms with E-state index in [1.807, 2.05) is 4.90 Å². The molecule has 0 bridgehead atoms. The van der Waals surface area contributed by atoms with Gasteiger partial charge in [-0.15, -0.1) is 0 Å². The Bertz CT molecular complexity index is 1040. The average Bonchev–Trinajstić information content (AvgIpc) is 3.09. The molecular formula is C18H19FN4O5. The summed E-state index contributed by atoms with van der Waals surface area (Å²) in [6.45, 7) is 2.51. The summed E-state index contributed by atoms with van der Waals surface area (Å²) < 4.78 is 28.3. The van der Waals surface area contributed by atoms with Crippen LogP contribution in [0.1, 0.15) is 10.4 Å². The Morgan fingerprint density at radius 3 is 2.96 bits per heavy atom. The molecule has 2 N–H and O–H groups in total. The van der Waals surface area contributed by atoms with Gasteiger partial charge in [-0.1, -0.05) is 0 Å². The minimum absolute atomic E-state index is 0.0197. The molecule has 2 saturated heterocycles. The lowest BCUT2D eigenvalue weighted by Crippen LogP contribution is -2.47. The first-order valence-electron chi connectivity index (χ1n) is 9.05. The summed E-state index contributed by atoms with van der Waals surface area (Å²) in [6.07, 6.45) is 1.22. The molecule has 0 aliphatic carbocycles. The van der Waals surface area contributed by atoms with Crippen LogP contribution in [0.5, 0.6) is 5.75 Å². The monoisotopic (exact) mass is 390 g/mol. The smallest absolute Gasteiger partial charge is 0.341 e. The van der Waals surface area contributed by atoms with Crippen molar-refractivity contribution in [1.29, 1.82) is 0 Å². The maximum atomic E-state index is 15.2. The molecule has 1 aromatic heterocycles. The van der Waals surface area contributed by atoms with Gasteiger partial charge in [-0.05, 0) is 6.07 Å². The van der Waals surface area contributed by atoms with Crippen molar-refractivity contribution in [3.8, 4) is 5.75 Å². The fourth-order valence-corrected chi connectivity index (χ4v) is 4.25. The van der Waals surface area contributed by atoms with E-state index in [9.17, 15) is 14.7 Å². The van der Waals surface area contributed by atoms with E-state index in [0.29, 0.717) is 25.2 Å². The number of benzene rings is 1. The number of aromatic nitrogens is 1. The second-order valence-corrected chi connectivity index (χ2v) is 7.26. The zero-order valence-corrected chi connectivity index (χ0v) is 15.1. The third-order valence-electron chi connectivity index (χ3n) is 5.57. The Morgan fingerprint density at radius 1 is 1.39 bits per heavy atom. The number of hydrogen-bond acceptors (Lipinski definition) is 7. The van der Waals surface area contributed by atoms with Crippen LogP contribution in [-0.4, -0.2) is 67.9 Å². The molecular weight excluding hydrogens is 371 g/mol. The molecule has 2 unspecified atom stereocenters. The molecule has 0 amide bonds. The first-order chi connectivity index (χ1) is 13.5. The highest BCUT2D eigenvalue weighted by atomic mass is 19.1. The lowest BCUT2D eigenvalue weighted by molar-refractivity contribution is 0.0212. The summed E-state index contributed by atoms with van der Waals surface area (Å²) in [5, 5.41) is 14.3. The van der Waals surface area contributed by atoms with Gasteiger partial charge in [-0.25, -0.2) is 9.18 Å². The van der Waals surface area contributed by atoms with Crippen LogP contribution in [0.4, 0.5) is 10.1 Å². The van der Waals surface area contributed by atoms with E-state index in [-0.39, 0.29) is 35.7 Å². The second-order valence-electron chi connectivity index (χ2n) is 7.26. The zero-order chi connectivity index (χ0) is 19.6. The molecule has 10 heteroatoms. The van der Waals surface area contributed by atoms with E-state index < -0.39 is 22.8 Å². The Hall–Kier alpha value is -2.85. The molecule has 1 aromatic carbocycles. The number of carboxylic acid groups (broad SMARTS) is 1. The van der Waals surface area contributed by atoms with Crippen LogP contribution in [0.25, 0.3) is 10.9 Å². The molecule has 148 valence electrons. The van der Waals surface area contributed by atoms with Crippen LogP contribution >= 0.6 is 0 Å². The number of halogens is 1. The van der Waals surface area contributed by atoms with Gasteiger partial charge in [0.1, 0.15) is 16.8 Å². The standard InChI is InChI=1S/C18H19FN4O5/c1-21-8-28-17-14-9(16(24)10(18(25)26)5-23(14)21)4-11(19)15(17)22-6-12-13(7-22)27-3-2-20-12/h4-5,12-13,20H,2-3,6-8H2,1H3,(H,25,26). The van der Waals surface area contributed by atoms with Crippen LogP contribution in [0, 0.1) is 5.82 Å². The minimum Gasteiger partial charge on any atom is -0.477 e. The van der Waals surface area contributed by atoms with Gasteiger partial charge in [0.15, 0.2) is 18.3 Å². The van der Waals surface area contributed by atoms with Crippen molar-refractivity contribution in [3.05, 3.63) is 33.9 Å². The second kappa shape index (κ2) is 6.08. The van der Waals surface area contributed by atoms with E-state index in [1.54, 1.807) is 16.7 Å². The molecule has 2 atom stereocenters. The van der Waals surface area contributed by atoms with Crippen molar-refractivity contribution < 1.29 is 23.8 Å². The number of pyridine rings is 1. The fourth-order valence-electron chi connectivity index (χ4n) is 4.25. The maximum absolute atomic E-state index is 15.2. The van der Waals surface area contributed by atoms with Crippen LogP contribution in [-0.2, 0) is 4.74 Å². The van der Waals surface area contributed by atoms with E-state index in [0.717, 1.165) is 12.6 Å². The van der Waals surface area contributed by atoms with Crippen LogP contribution in [0.3, 0.4) is 0 Å². The third kappa shape index (κ3) is 2.38.